The first-order chi connectivity index (χ1) is 8.19. The van der Waals surface area contributed by atoms with Crippen molar-refractivity contribution in [2.24, 2.45) is 0 Å². The zero-order chi connectivity index (χ0) is 13.9. The van der Waals surface area contributed by atoms with Gasteiger partial charge in [-0.1, -0.05) is 15.9 Å². The third-order valence-corrected chi connectivity index (χ3v) is 2.49. The van der Waals surface area contributed by atoms with Crippen LogP contribution in [0.2, 0.25) is 0 Å². The molecule has 18 heavy (non-hydrogen) atoms. The molecule has 98 valence electrons. The zero-order valence-corrected chi connectivity index (χ0v) is 12.4. The van der Waals surface area contributed by atoms with E-state index in [1.54, 1.807) is 39.0 Å². The highest BCUT2D eigenvalue weighted by Crippen LogP contribution is 2.22. The van der Waals surface area contributed by atoms with Crippen LogP contribution in [0.3, 0.4) is 0 Å². The minimum Gasteiger partial charge on any atom is -0.444 e. The van der Waals surface area contributed by atoms with Crippen LogP contribution >= 0.6 is 15.9 Å². The number of amides is 1. The van der Waals surface area contributed by atoms with E-state index < -0.39 is 11.7 Å². The molecule has 0 radical (unpaired) electrons. The topological polar surface area (TPSA) is 55.4 Å². The minimum absolute atomic E-state index is 0.123. The Kier molecular flexibility index (Phi) is 4.51. The van der Waals surface area contributed by atoms with Gasteiger partial charge in [0.1, 0.15) is 5.60 Å². The summed E-state index contributed by atoms with van der Waals surface area (Å²) >= 11 is 3.28. The van der Waals surface area contributed by atoms with Crippen LogP contribution in [0.15, 0.2) is 22.7 Å². The van der Waals surface area contributed by atoms with Crippen molar-refractivity contribution in [1.29, 1.82) is 0 Å². The summed E-state index contributed by atoms with van der Waals surface area (Å²) in [6.07, 6.45) is -0.577. The van der Waals surface area contributed by atoms with Crippen molar-refractivity contribution in [3.8, 4) is 0 Å². The molecular weight excluding hydrogens is 298 g/mol. The quantitative estimate of drug-likeness (QED) is 0.840. The van der Waals surface area contributed by atoms with Gasteiger partial charge in [-0.15, -0.1) is 0 Å². The molecule has 0 aliphatic heterocycles. The summed E-state index contributed by atoms with van der Waals surface area (Å²) in [5.74, 6) is -0.123. The van der Waals surface area contributed by atoms with E-state index in [-0.39, 0.29) is 5.78 Å². The Morgan fingerprint density at radius 2 is 1.89 bits per heavy atom. The maximum Gasteiger partial charge on any atom is 0.412 e. The second-order valence-electron chi connectivity index (χ2n) is 4.87. The lowest BCUT2D eigenvalue weighted by Crippen LogP contribution is -2.27. The second kappa shape index (κ2) is 5.52. The Hall–Kier alpha value is -1.36. The van der Waals surface area contributed by atoms with Gasteiger partial charge in [0, 0.05) is 10.0 Å². The molecule has 0 bridgehead atoms. The van der Waals surface area contributed by atoms with E-state index in [0.29, 0.717) is 11.3 Å². The van der Waals surface area contributed by atoms with Crippen molar-refractivity contribution >= 4 is 33.5 Å². The van der Waals surface area contributed by atoms with Crippen molar-refractivity contribution in [1.82, 2.24) is 0 Å². The number of Topliss-reactive ketones (excluding diaryl/α,β-unsaturated/α-hetero) is 1. The highest BCUT2D eigenvalue weighted by atomic mass is 79.9. The van der Waals surface area contributed by atoms with Gasteiger partial charge in [0.05, 0.1) is 5.69 Å². The zero-order valence-electron chi connectivity index (χ0n) is 10.8. The fourth-order valence-corrected chi connectivity index (χ4v) is 1.69. The first-order valence-electron chi connectivity index (χ1n) is 5.49. The predicted molar refractivity (Wildman–Crippen MR) is 74.0 cm³/mol. The van der Waals surface area contributed by atoms with Crippen LogP contribution in [0.1, 0.15) is 38.1 Å². The highest BCUT2D eigenvalue weighted by Gasteiger charge is 2.18. The Bertz CT molecular complexity index is 478. The molecule has 0 atom stereocenters. The number of carbonyl (C=O) groups excluding carboxylic acids is 2. The predicted octanol–water partition coefficient (Wildman–Crippen LogP) is 4.00. The normalized spacial score (nSPS) is 10.9. The third-order valence-electron chi connectivity index (χ3n) is 2.00. The average molecular weight is 314 g/mol. The molecule has 0 fully saturated rings. The number of anilines is 1. The number of ketones is 1. The molecule has 5 heteroatoms. The first kappa shape index (κ1) is 14.7. The van der Waals surface area contributed by atoms with Gasteiger partial charge < -0.3 is 4.74 Å². The van der Waals surface area contributed by atoms with Crippen LogP contribution in [0, 0.1) is 0 Å². The summed E-state index contributed by atoms with van der Waals surface area (Å²) in [4.78, 5) is 23.1. The van der Waals surface area contributed by atoms with Crippen molar-refractivity contribution in [2.75, 3.05) is 5.32 Å². The number of rotatable bonds is 2. The molecule has 1 aromatic carbocycles. The smallest absolute Gasteiger partial charge is 0.412 e. The lowest BCUT2D eigenvalue weighted by molar-refractivity contribution is 0.0636. The van der Waals surface area contributed by atoms with Crippen LogP contribution < -0.4 is 5.32 Å². The van der Waals surface area contributed by atoms with Gasteiger partial charge in [-0.05, 0) is 45.9 Å². The molecule has 0 aliphatic carbocycles. The van der Waals surface area contributed by atoms with Gasteiger partial charge in [-0.2, -0.15) is 0 Å². The minimum atomic E-state index is -0.577. The van der Waals surface area contributed by atoms with E-state index in [0.717, 1.165) is 4.47 Å². The van der Waals surface area contributed by atoms with E-state index in [2.05, 4.69) is 21.2 Å². The second-order valence-corrected chi connectivity index (χ2v) is 5.79. The van der Waals surface area contributed by atoms with Crippen LogP contribution in [0.5, 0.6) is 0 Å². The average Bonchev–Trinajstić information content (AvgIpc) is 2.17. The van der Waals surface area contributed by atoms with Gasteiger partial charge in [0.2, 0.25) is 0 Å². The molecule has 0 saturated carbocycles. The fourth-order valence-electron chi connectivity index (χ4n) is 1.33. The number of hydrogen-bond acceptors (Lipinski definition) is 3. The van der Waals surface area contributed by atoms with Gasteiger partial charge >= 0.3 is 6.09 Å². The molecule has 0 saturated heterocycles. The summed E-state index contributed by atoms with van der Waals surface area (Å²) in [6.45, 7) is 6.78. The summed E-state index contributed by atoms with van der Waals surface area (Å²) < 4.78 is 5.91. The molecule has 1 N–H and O–H groups in total. The number of ether oxygens (including phenoxy) is 1. The molecule has 0 aliphatic rings. The lowest BCUT2D eigenvalue weighted by Gasteiger charge is -2.20. The Morgan fingerprint density at radius 1 is 1.28 bits per heavy atom. The van der Waals surface area contributed by atoms with Crippen molar-refractivity contribution < 1.29 is 14.3 Å². The molecule has 0 aromatic heterocycles. The van der Waals surface area contributed by atoms with Crippen molar-refractivity contribution in [2.45, 2.75) is 33.3 Å². The summed E-state index contributed by atoms with van der Waals surface area (Å²) in [6, 6.07) is 5.07. The number of nitrogens with one attached hydrogen (secondary N) is 1. The highest BCUT2D eigenvalue weighted by molar-refractivity contribution is 9.10. The van der Waals surface area contributed by atoms with Crippen LogP contribution in [0.4, 0.5) is 10.5 Å². The third kappa shape index (κ3) is 4.49. The Morgan fingerprint density at radius 3 is 2.39 bits per heavy atom. The molecule has 1 amide bonds. The molecular formula is C13H16BrNO3. The van der Waals surface area contributed by atoms with E-state index in [9.17, 15) is 9.59 Å². The van der Waals surface area contributed by atoms with Gasteiger partial charge in [-0.25, -0.2) is 4.79 Å². The Balaban J connectivity index is 2.91. The summed E-state index contributed by atoms with van der Waals surface area (Å²) in [7, 11) is 0. The maximum atomic E-state index is 11.6. The molecule has 1 aromatic rings. The monoisotopic (exact) mass is 313 g/mol. The maximum absolute atomic E-state index is 11.6. The number of benzene rings is 1. The SMILES string of the molecule is CC(=O)c1cc(Br)ccc1NC(=O)OC(C)(C)C. The lowest BCUT2D eigenvalue weighted by atomic mass is 10.1. The summed E-state index contributed by atoms with van der Waals surface area (Å²) in [5.41, 5.74) is 0.311. The fraction of sp³-hybridized carbons (Fsp3) is 0.385. The van der Waals surface area contributed by atoms with Gasteiger partial charge in [0.15, 0.2) is 5.78 Å². The number of halogens is 1. The van der Waals surface area contributed by atoms with E-state index in [1.165, 1.54) is 6.92 Å². The van der Waals surface area contributed by atoms with Crippen molar-refractivity contribution in [3.05, 3.63) is 28.2 Å². The van der Waals surface area contributed by atoms with Crippen LogP contribution in [-0.2, 0) is 4.74 Å². The van der Waals surface area contributed by atoms with Crippen molar-refractivity contribution in [3.63, 3.8) is 0 Å². The Labute approximate surface area is 115 Å². The molecule has 0 heterocycles. The van der Waals surface area contributed by atoms with E-state index in [4.69, 9.17) is 4.74 Å². The van der Waals surface area contributed by atoms with Crippen LogP contribution in [-0.4, -0.2) is 17.5 Å². The molecule has 0 spiro atoms. The summed E-state index contributed by atoms with van der Waals surface area (Å²) in [5, 5.41) is 2.57. The first-order valence-corrected chi connectivity index (χ1v) is 6.29. The largest absolute Gasteiger partial charge is 0.444 e. The van der Waals surface area contributed by atoms with E-state index in [1.807, 2.05) is 0 Å². The van der Waals surface area contributed by atoms with Crippen LogP contribution in [0.25, 0.3) is 0 Å². The molecule has 4 nitrogen and oxygen atoms in total. The molecule has 0 unspecified atom stereocenters. The number of hydrogen-bond donors (Lipinski definition) is 1. The van der Waals surface area contributed by atoms with Gasteiger partial charge in [-0.3, -0.25) is 10.1 Å². The number of carbonyl (C=O) groups is 2. The molecule has 1 rings (SSSR count). The van der Waals surface area contributed by atoms with E-state index >= 15 is 0 Å². The standard InChI is InChI=1S/C13H16BrNO3/c1-8(16)10-7-9(14)5-6-11(10)15-12(17)18-13(2,3)4/h5-7H,1-4H3,(H,15,17). The van der Waals surface area contributed by atoms with Gasteiger partial charge in [0.25, 0.3) is 0 Å².